The van der Waals surface area contributed by atoms with Gasteiger partial charge in [-0.25, -0.2) is 4.98 Å². The highest BCUT2D eigenvalue weighted by atomic mass is 32.1. The van der Waals surface area contributed by atoms with E-state index in [4.69, 9.17) is 4.98 Å². The first-order valence-corrected chi connectivity index (χ1v) is 7.71. The molecule has 0 radical (unpaired) electrons. The second-order valence-electron chi connectivity index (χ2n) is 4.99. The van der Waals surface area contributed by atoms with E-state index in [0.717, 1.165) is 36.6 Å². The van der Waals surface area contributed by atoms with Crippen LogP contribution in [0.15, 0.2) is 41.8 Å². The summed E-state index contributed by atoms with van der Waals surface area (Å²) in [7, 11) is 0. The Balaban J connectivity index is 1.57. The zero-order valence-corrected chi connectivity index (χ0v) is 11.8. The Morgan fingerprint density at radius 1 is 1.15 bits per heavy atom. The molecule has 0 bridgehead atoms. The SMILES string of the molecule is c1ccc(NCc2nc3c([nH]2)CCc2sccc2-3)cc1. The van der Waals surface area contributed by atoms with Crippen molar-refractivity contribution in [2.75, 3.05) is 5.32 Å². The number of aromatic amines is 1. The molecule has 0 saturated carbocycles. The molecule has 1 aliphatic rings. The van der Waals surface area contributed by atoms with Gasteiger partial charge in [0.05, 0.1) is 12.2 Å². The van der Waals surface area contributed by atoms with Crippen LogP contribution in [0.5, 0.6) is 0 Å². The van der Waals surface area contributed by atoms with Gasteiger partial charge in [0.25, 0.3) is 0 Å². The Kier molecular flexibility index (Phi) is 2.81. The number of hydrogen-bond acceptors (Lipinski definition) is 3. The van der Waals surface area contributed by atoms with Crippen LogP contribution in [0.4, 0.5) is 5.69 Å². The molecule has 2 N–H and O–H groups in total. The van der Waals surface area contributed by atoms with E-state index in [2.05, 4.69) is 33.9 Å². The molecule has 3 nitrogen and oxygen atoms in total. The second kappa shape index (κ2) is 4.80. The first kappa shape index (κ1) is 11.7. The highest BCUT2D eigenvalue weighted by Gasteiger charge is 2.20. The standard InChI is InChI=1S/C16H15N3S/c1-2-4-11(5-3-1)17-10-15-18-13-6-7-14-12(8-9-20-14)16(13)19-15/h1-5,8-9,17H,6-7,10H2,(H,18,19). The monoisotopic (exact) mass is 281 g/mol. The average molecular weight is 281 g/mol. The number of para-hydroxylation sites is 1. The molecule has 0 unspecified atom stereocenters. The summed E-state index contributed by atoms with van der Waals surface area (Å²) in [5.41, 5.74) is 4.87. The number of imidazole rings is 1. The van der Waals surface area contributed by atoms with E-state index in [-0.39, 0.29) is 0 Å². The van der Waals surface area contributed by atoms with Gasteiger partial charge in [0.1, 0.15) is 5.82 Å². The van der Waals surface area contributed by atoms with E-state index < -0.39 is 0 Å². The highest BCUT2D eigenvalue weighted by Crippen LogP contribution is 2.35. The minimum absolute atomic E-state index is 0.733. The molecule has 20 heavy (non-hydrogen) atoms. The molecule has 0 atom stereocenters. The van der Waals surface area contributed by atoms with Crippen LogP contribution in [-0.4, -0.2) is 9.97 Å². The molecule has 1 aliphatic carbocycles. The molecule has 100 valence electrons. The van der Waals surface area contributed by atoms with Crippen molar-refractivity contribution in [2.24, 2.45) is 0 Å². The normalized spacial score (nSPS) is 12.8. The maximum absolute atomic E-state index is 4.77. The Hall–Kier alpha value is -2.07. The number of aromatic nitrogens is 2. The van der Waals surface area contributed by atoms with Gasteiger partial charge in [-0.15, -0.1) is 11.3 Å². The smallest absolute Gasteiger partial charge is 0.126 e. The molecule has 0 fully saturated rings. The third kappa shape index (κ3) is 2.02. The third-order valence-corrected chi connectivity index (χ3v) is 4.64. The fourth-order valence-electron chi connectivity index (χ4n) is 2.68. The largest absolute Gasteiger partial charge is 0.378 e. The van der Waals surface area contributed by atoms with Gasteiger partial charge in [-0.2, -0.15) is 0 Å². The van der Waals surface area contributed by atoms with Gasteiger partial charge in [0, 0.05) is 21.8 Å². The fraction of sp³-hybridized carbons (Fsp3) is 0.188. The number of thiophene rings is 1. The summed E-state index contributed by atoms with van der Waals surface area (Å²) < 4.78 is 0. The van der Waals surface area contributed by atoms with E-state index in [0.29, 0.717) is 0 Å². The molecule has 1 aromatic carbocycles. The maximum atomic E-state index is 4.77. The number of fused-ring (bicyclic) bond motifs is 3. The van der Waals surface area contributed by atoms with Crippen molar-refractivity contribution >= 4 is 17.0 Å². The number of benzene rings is 1. The zero-order valence-electron chi connectivity index (χ0n) is 11.0. The first-order valence-electron chi connectivity index (χ1n) is 6.83. The lowest BCUT2D eigenvalue weighted by Crippen LogP contribution is -2.01. The van der Waals surface area contributed by atoms with Crippen LogP contribution in [-0.2, 0) is 19.4 Å². The molecule has 2 heterocycles. The molecule has 3 aromatic rings. The molecular weight excluding hydrogens is 266 g/mol. The number of nitrogens with one attached hydrogen (secondary N) is 2. The van der Waals surface area contributed by atoms with Crippen LogP contribution in [0, 0.1) is 0 Å². The van der Waals surface area contributed by atoms with E-state index in [1.54, 1.807) is 0 Å². The minimum atomic E-state index is 0.733. The van der Waals surface area contributed by atoms with Crippen LogP contribution in [0.3, 0.4) is 0 Å². The number of H-pyrrole nitrogens is 1. The lowest BCUT2D eigenvalue weighted by molar-refractivity contribution is 0.911. The molecule has 2 aromatic heterocycles. The number of nitrogens with zero attached hydrogens (tertiary/aromatic N) is 1. The third-order valence-electron chi connectivity index (χ3n) is 3.66. The van der Waals surface area contributed by atoms with E-state index in [9.17, 15) is 0 Å². The van der Waals surface area contributed by atoms with Crippen molar-refractivity contribution in [1.82, 2.24) is 9.97 Å². The van der Waals surface area contributed by atoms with Gasteiger partial charge in [-0.1, -0.05) is 18.2 Å². The van der Waals surface area contributed by atoms with E-state index >= 15 is 0 Å². The van der Waals surface area contributed by atoms with Gasteiger partial charge < -0.3 is 10.3 Å². The van der Waals surface area contributed by atoms with Crippen molar-refractivity contribution in [3.8, 4) is 11.3 Å². The van der Waals surface area contributed by atoms with Gasteiger partial charge in [0.2, 0.25) is 0 Å². The van der Waals surface area contributed by atoms with E-state index in [1.165, 1.54) is 16.1 Å². The lowest BCUT2D eigenvalue weighted by Gasteiger charge is -2.09. The Bertz CT molecular complexity index is 727. The minimum Gasteiger partial charge on any atom is -0.378 e. The molecule has 0 saturated heterocycles. The molecular formula is C16H15N3S. The number of aryl methyl sites for hydroxylation is 2. The van der Waals surface area contributed by atoms with Crippen molar-refractivity contribution in [3.63, 3.8) is 0 Å². The van der Waals surface area contributed by atoms with Crippen LogP contribution < -0.4 is 5.32 Å². The van der Waals surface area contributed by atoms with Gasteiger partial charge in [-0.3, -0.25) is 0 Å². The average Bonchev–Trinajstić information content (AvgIpc) is 3.11. The summed E-state index contributed by atoms with van der Waals surface area (Å²) in [4.78, 5) is 9.70. The lowest BCUT2D eigenvalue weighted by atomic mass is 10.0. The summed E-state index contributed by atoms with van der Waals surface area (Å²) in [6.45, 7) is 0.733. The Morgan fingerprint density at radius 3 is 2.95 bits per heavy atom. The van der Waals surface area contributed by atoms with Gasteiger partial charge in [-0.05, 0) is 36.4 Å². The summed E-state index contributed by atoms with van der Waals surface area (Å²) in [6, 6.07) is 12.4. The zero-order chi connectivity index (χ0) is 13.4. The van der Waals surface area contributed by atoms with E-state index in [1.807, 2.05) is 29.5 Å². The van der Waals surface area contributed by atoms with Crippen molar-refractivity contribution in [1.29, 1.82) is 0 Å². The molecule has 0 amide bonds. The highest BCUT2D eigenvalue weighted by molar-refractivity contribution is 7.10. The molecule has 0 spiro atoms. The van der Waals surface area contributed by atoms with Crippen molar-refractivity contribution in [3.05, 3.63) is 58.2 Å². The number of rotatable bonds is 3. The van der Waals surface area contributed by atoms with Gasteiger partial charge >= 0.3 is 0 Å². The predicted octanol–water partition coefficient (Wildman–Crippen LogP) is 3.85. The fourth-order valence-corrected chi connectivity index (χ4v) is 3.56. The summed E-state index contributed by atoms with van der Waals surface area (Å²) in [5, 5.41) is 5.56. The van der Waals surface area contributed by atoms with Crippen LogP contribution in [0.25, 0.3) is 11.3 Å². The molecule has 4 heteroatoms. The summed E-state index contributed by atoms with van der Waals surface area (Å²) in [6.07, 6.45) is 2.20. The number of anilines is 1. The second-order valence-corrected chi connectivity index (χ2v) is 5.99. The van der Waals surface area contributed by atoms with Crippen LogP contribution >= 0.6 is 11.3 Å². The number of hydrogen-bond donors (Lipinski definition) is 2. The topological polar surface area (TPSA) is 40.7 Å². The summed E-state index contributed by atoms with van der Waals surface area (Å²) >= 11 is 1.84. The quantitative estimate of drug-likeness (QED) is 0.765. The summed E-state index contributed by atoms with van der Waals surface area (Å²) in [5.74, 6) is 1.01. The van der Waals surface area contributed by atoms with Gasteiger partial charge in [0.15, 0.2) is 0 Å². The van der Waals surface area contributed by atoms with Crippen molar-refractivity contribution in [2.45, 2.75) is 19.4 Å². The van der Waals surface area contributed by atoms with Crippen molar-refractivity contribution < 1.29 is 0 Å². The van der Waals surface area contributed by atoms with Crippen LogP contribution in [0.1, 0.15) is 16.4 Å². The Labute approximate surface area is 121 Å². The van der Waals surface area contributed by atoms with Crippen LogP contribution in [0.2, 0.25) is 0 Å². The Morgan fingerprint density at radius 2 is 2.05 bits per heavy atom. The molecule has 4 rings (SSSR count). The maximum Gasteiger partial charge on any atom is 0.126 e. The first-order chi connectivity index (χ1) is 9.90. The molecule has 0 aliphatic heterocycles. The predicted molar refractivity (Wildman–Crippen MR) is 83.1 cm³/mol.